The zero-order valence-corrected chi connectivity index (χ0v) is 18.5. The lowest BCUT2D eigenvalue weighted by Crippen LogP contribution is -2.51. The third kappa shape index (κ3) is 4.28. The summed E-state index contributed by atoms with van der Waals surface area (Å²) in [5.41, 5.74) is 1.98. The van der Waals surface area contributed by atoms with Crippen molar-refractivity contribution in [3.8, 4) is 0 Å². The number of nitrogens with zero attached hydrogens (tertiary/aromatic N) is 3. The van der Waals surface area contributed by atoms with Crippen LogP contribution in [0.1, 0.15) is 42.3 Å². The smallest absolute Gasteiger partial charge is 0.295 e. The molecule has 2 saturated heterocycles. The fourth-order valence-electron chi connectivity index (χ4n) is 4.55. The molecule has 2 fully saturated rings. The molecular weight excluding hydrogens is 422 g/mol. The van der Waals surface area contributed by atoms with E-state index < -0.39 is 16.3 Å². The van der Waals surface area contributed by atoms with Crippen LogP contribution in [0.5, 0.6) is 0 Å². The van der Waals surface area contributed by atoms with Crippen molar-refractivity contribution in [3.63, 3.8) is 0 Å². The maximum Gasteiger partial charge on any atom is 0.295 e. The Morgan fingerprint density at radius 3 is 2.23 bits per heavy atom. The Morgan fingerprint density at radius 1 is 0.933 bits per heavy atom. The number of hydrazine groups is 1. The molecular formula is C22H28ClN3O3S. The van der Waals surface area contributed by atoms with Crippen molar-refractivity contribution >= 4 is 21.8 Å². The standard InChI is InChI=1S/C22H28ClN3O3S/c23-20-11-9-19(10-12-20)22-21(18-7-3-1-4-8-18)17-24(15-16-27)26(22)30(28,29)25-13-5-2-6-14-25/h1,3-4,7-12,21-22,27H,2,5-6,13-17H2. The van der Waals surface area contributed by atoms with Crippen molar-refractivity contribution in [2.75, 3.05) is 32.8 Å². The Balaban J connectivity index is 1.81. The molecule has 2 aromatic carbocycles. The first kappa shape index (κ1) is 21.7. The van der Waals surface area contributed by atoms with Gasteiger partial charge in [0.05, 0.1) is 12.6 Å². The molecule has 0 aromatic heterocycles. The lowest BCUT2D eigenvalue weighted by molar-refractivity contribution is 0.0602. The van der Waals surface area contributed by atoms with Crippen molar-refractivity contribution in [1.29, 1.82) is 0 Å². The van der Waals surface area contributed by atoms with Crippen molar-refractivity contribution in [3.05, 3.63) is 70.7 Å². The van der Waals surface area contributed by atoms with E-state index >= 15 is 0 Å². The maximum atomic E-state index is 13.8. The average molecular weight is 450 g/mol. The number of hydrogen-bond acceptors (Lipinski definition) is 4. The molecule has 4 rings (SSSR count). The summed E-state index contributed by atoms with van der Waals surface area (Å²) in [7, 11) is -3.73. The summed E-state index contributed by atoms with van der Waals surface area (Å²) in [6.45, 7) is 1.75. The average Bonchev–Trinajstić information content (AvgIpc) is 3.16. The molecule has 2 unspecified atom stereocenters. The van der Waals surface area contributed by atoms with Gasteiger partial charge in [0.25, 0.3) is 10.2 Å². The molecule has 0 saturated carbocycles. The van der Waals surface area contributed by atoms with Crippen LogP contribution in [-0.2, 0) is 10.2 Å². The van der Waals surface area contributed by atoms with Gasteiger partial charge in [-0.1, -0.05) is 60.5 Å². The monoisotopic (exact) mass is 449 g/mol. The summed E-state index contributed by atoms with van der Waals surface area (Å²) in [4.78, 5) is 0. The Labute approximate surface area is 183 Å². The third-order valence-electron chi connectivity index (χ3n) is 5.98. The highest BCUT2D eigenvalue weighted by molar-refractivity contribution is 7.86. The number of hydrogen-bond donors (Lipinski definition) is 1. The van der Waals surface area contributed by atoms with Gasteiger partial charge in [-0.05, 0) is 36.1 Å². The van der Waals surface area contributed by atoms with E-state index in [2.05, 4.69) is 0 Å². The van der Waals surface area contributed by atoms with Crippen molar-refractivity contribution in [2.45, 2.75) is 31.2 Å². The Hall–Kier alpha value is -1.48. The minimum atomic E-state index is -3.73. The number of piperidine rings is 1. The maximum absolute atomic E-state index is 13.8. The van der Waals surface area contributed by atoms with Crippen LogP contribution in [0.15, 0.2) is 54.6 Å². The van der Waals surface area contributed by atoms with E-state index in [1.807, 2.05) is 42.5 Å². The van der Waals surface area contributed by atoms with Gasteiger partial charge in [-0.25, -0.2) is 5.01 Å². The zero-order chi connectivity index (χ0) is 21.1. The van der Waals surface area contributed by atoms with Crippen LogP contribution in [0, 0.1) is 0 Å². The molecule has 2 atom stereocenters. The molecule has 30 heavy (non-hydrogen) atoms. The number of aliphatic hydroxyl groups excluding tert-OH is 1. The number of aliphatic hydroxyl groups is 1. The molecule has 2 aliphatic rings. The van der Waals surface area contributed by atoms with Gasteiger partial charge in [-0.15, -0.1) is 4.41 Å². The topological polar surface area (TPSA) is 64.1 Å². The van der Waals surface area contributed by atoms with E-state index in [1.165, 1.54) is 4.41 Å². The fourth-order valence-corrected chi connectivity index (χ4v) is 6.63. The Morgan fingerprint density at radius 2 is 1.60 bits per heavy atom. The van der Waals surface area contributed by atoms with Crippen LogP contribution < -0.4 is 0 Å². The highest BCUT2D eigenvalue weighted by atomic mass is 35.5. The minimum absolute atomic E-state index is 0.0570. The molecule has 0 aliphatic carbocycles. The second-order valence-corrected chi connectivity index (χ2v) is 10.1. The van der Waals surface area contributed by atoms with Crippen LogP contribution in [0.4, 0.5) is 0 Å². The predicted octanol–water partition coefficient (Wildman–Crippen LogP) is 3.42. The van der Waals surface area contributed by atoms with E-state index in [0.29, 0.717) is 24.7 Å². The van der Waals surface area contributed by atoms with Crippen molar-refractivity contribution < 1.29 is 13.5 Å². The molecule has 0 spiro atoms. The van der Waals surface area contributed by atoms with Gasteiger partial charge in [0.1, 0.15) is 0 Å². The van der Waals surface area contributed by atoms with Gasteiger partial charge < -0.3 is 5.11 Å². The Bertz CT molecular complexity index is 934. The molecule has 6 nitrogen and oxygen atoms in total. The van der Waals surface area contributed by atoms with Gasteiger partial charge in [-0.2, -0.15) is 12.7 Å². The summed E-state index contributed by atoms with van der Waals surface area (Å²) in [5.74, 6) is -0.0570. The van der Waals surface area contributed by atoms with E-state index in [1.54, 1.807) is 21.4 Å². The molecule has 2 heterocycles. The van der Waals surface area contributed by atoms with Gasteiger partial charge in [0, 0.05) is 37.1 Å². The number of rotatable bonds is 6. The summed E-state index contributed by atoms with van der Waals surface area (Å²) in [5, 5.41) is 12.1. The quantitative estimate of drug-likeness (QED) is 0.733. The van der Waals surface area contributed by atoms with Gasteiger partial charge >= 0.3 is 0 Å². The minimum Gasteiger partial charge on any atom is -0.395 e. The number of β-amino-alcohol motifs (C(OH)–C–C–N with tert-alkyl or cyclic N) is 1. The molecule has 0 bridgehead atoms. The third-order valence-corrected chi connectivity index (χ3v) is 8.18. The predicted molar refractivity (Wildman–Crippen MR) is 118 cm³/mol. The van der Waals surface area contributed by atoms with E-state index in [-0.39, 0.29) is 19.1 Å². The zero-order valence-electron chi connectivity index (χ0n) is 16.9. The van der Waals surface area contributed by atoms with Gasteiger partial charge in [0.15, 0.2) is 0 Å². The fraction of sp³-hybridized carbons (Fsp3) is 0.455. The van der Waals surface area contributed by atoms with E-state index in [4.69, 9.17) is 11.6 Å². The van der Waals surface area contributed by atoms with Crippen molar-refractivity contribution in [1.82, 2.24) is 13.7 Å². The highest BCUT2D eigenvalue weighted by Crippen LogP contribution is 2.45. The first-order valence-corrected chi connectivity index (χ1v) is 12.3. The molecule has 2 aliphatic heterocycles. The SMILES string of the molecule is O=S(=O)(N1CCCCC1)N1C(c2ccc(Cl)cc2)C(c2ccccc2)CN1CCO. The summed E-state index contributed by atoms with van der Waals surface area (Å²) in [6.07, 6.45) is 2.81. The highest BCUT2D eigenvalue weighted by Gasteiger charge is 2.49. The van der Waals surface area contributed by atoms with Crippen LogP contribution in [0.2, 0.25) is 5.02 Å². The Kier molecular flexibility index (Phi) is 6.77. The first-order chi connectivity index (χ1) is 14.5. The molecule has 2 aromatic rings. The summed E-state index contributed by atoms with van der Waals surface area (Å²) in [6, 6.07) is 17.0. The lowest BCUT2D eigenvalue weighted by atomic mass is 9.89. The molecule has 8 heteroatoms. The lowest BCUT2D eigenvalue weighted by Gasteiger charge is -2.37. The largest absolute Gasteiger partial charge is 0.395 e. The second kappa shape index (κ2) is 9.34. The molecule has 162 valence electrons. The van der Waals surface area contributed by atoms with E-state index in [0.717, 1.165) is 30.4 Å². The van der Waals surface area contributed by atoms with Crippen molar-refractivity contribution in [2.24, 2.45) is 0 Å². The number of benzene rings is 2. The van der Waals surface area contributed by atoms with Crippen LogP contribution in [0.25, 0.3) is 0 Å². The summed E-state index contributed by atoms with van der Waals surface area (Å²) >= 11 is 6.11. The molecule has 0 radical (unpaired) electrons. The summed E-state index contributed by atoms with van der Waals surface area (Å²) < 4.78 is 30.7. The van der Waals surface area contributed by atoms with Crippen LogP contribution >= 0.6 is 11.6 Å². The first-order valence-electron chi connectivity index (χ1n) is 10.5. The second-order valence-electron chi connectivity index (χ2n) is 7.89. The molecule has 0 amide bonds. The van der Waals surface area contributed by atoms with Crippen LogP contribution in [-0.4, -0.2) is 60.0 Å². The van der Waals surface area contributed by atoms with E-state index in [9.17, 15) is 13.5 Å². The van der Waals surface area contributed by atoms with Gasteiger partial charge in [-0.3, -0.25) is 0 Å². The molecule has 1 N–H and O–H groups in total. The number of halogens is 1. The normalized spacial score (nSPS) is 24.3. The van der Waals surface area contributed by atoms with Gasteiger partial charge in [0.2, 0.25) is 0 Å². The van der Waals surface area contributed by atoms with Crippen LogP contribution in [0.3, 0.4) is 0 Å².